The van der Waals surface area contributed by atoms with Crippen molar-refractivity contribution in [1.82, 2.24) is 5.32 Å². The van der Waals surface area contributed by atoms with Gasteiger partial charge in [-0.3, -0.25) is 4.79 Å². The molecule has 8 heteroatoms. The number of carbonyl (C=O) groups excluding carboxylic acids is 1. The number of benzene rings is 2. The van der Waals surface area contributed by atoms with Crippen LogP contribution < -0.4 is 20.1 Å². The van der Waals surface area contributed by atoms with Gasteiger partial charge in [0.05, 0.1) is 25.5 Å². The van der Waals surface area contributed by atoms with E-state index in [1.807, 2.05) is 6.07 Å². The van der Waals surface area contributed by atoms with Crippen molar-refractivity contribution in [3.05, 3.63) is 54.1 Å². The van der Waals surface area contributed by atoms with Gasteiger partial charge in [-0.25, -0.2) is 0 Å². The predicted molar refractivity (Wildman–Crippen MR) is 101 cm³/mol. The summed E-state index contributed by atoms with van der Waals surface area (Å²) in [6.07, 6.45) is -1.01. The number of alkyl halides is 3. The van der Waals surface area contributed by atoms with Gasteiger partial charge in [-0.1, -0.05) is 59.1 Å². The molecule has 0 aliphatic carbocycles. The van der Waals surface area contributed by atoms with Crippen LogP contribution in [-0.2, 0) is 0 Å². The first-order chi connectivity index (χ1) is 11.9. The summed E-state index contributed by atoms with van der Waals surface area (Å²) in [5.74, 6) is 0.518. The van der Waals surface area contributed by atoms with Gasteiger partial charge >= 0.3 is 0 Å². The molecule has 2 N–H and O–H groups in total. The summed E-state index contributed by atoms with van der Waals surface area (Å²) in [4.78, 5) is 12.6. The summed E-state index contributed by atoms with van der Waals surface area (Å²) in [7, 11) is 3.00. The Balaban J connectivity index is 2.25. The van der Waals surface area contributed by atoms with E-state index in [9.17, 15) is 4.79 Å². The third-order valence-corrected chi connectivity index (χ3v) is 4.02. The van der Waals surface area contributed by atoms with Gasteiger partial charge in [-0.15, -0.1) is 0 Å². The fraction of sp³-hybridized carbons (Fsp3) is 0.235. The molecule has 0 aliphatic rings. The molecule has 134 valence electrons. The van der Waals surface area contributed by atoms with Gasteiger partial charge in [0.1, 0.15) is 17.7 Å². The number of hydrogen-bond donors (Lipinski definition) is 2. The van der Waals surface area contributed by atoms with Crippen molar-refractivity contribution < 1.29 is 14.3 Å². The first kappa shape index (κ1) is 19.5. The Morgan fingerprint density at radius 2 is 1.52 bits per heavy atom. The van der Waals surface area contributed by atoms with Crippen molar-refractivity contribution in [3.8, 4) is 11.5 Å². The Hall–Kier alpha value is -1.82. The molecule has 0 heterocycles. The smallest absolute Gasteiger partial charge is 0.256 e. The van der Waals surface area contributed by atoms with Crippen molar-refractivity contribution in [2.45, 2.75) is 9.96 Å². The molecule has 0 spiro atoms. The van der Waals surface area contributed by atoms with E-state index >= 15 is 0 Å². The van der Waals surface area contributed by atoms with Crippen LogP contribution in [0.3, 0.4) is 0 Å². The van der Waals surface area contributed by atoms with Gasteiger partial charge in [-0.2, -0.15) is 0 Å². The monoisotopic (exact) mass is 402 g/mol. The number of amides is 1. The maximum Gasteiger partial charge on any atom is 0.256 e. The highest BCUT2D eigenvalue weighted by atomic mass is 35.6. The number of halogens is 3. The van der Waals surface area contributed by atoms with Gasteiger partial charge in [0.2, 0.25) is 3.79 Å². The predicted octanol–water partition coefficient (Wildman–Crippen LogP) is 4.24. The zero-order valence-corrected chi connectivity index (χ0v) is 15.8. The third-order valence-electron chi connectivity index (χ3n) is 3.36. The SMILES string of the molecule is COc1ccccc1N[C@H](NC(=O)c1ccccc1OC)C(Cl)(Cl)Cl. The lowest BCUT2D eigenvalue weighted by Crippen LogP contribution is -2.49. The molecule has 0 fully saturated rings. The van der Waals surface area contributed by atoms with Crippen LogP contribution in [0.15, 0.2) is 48.5 Å². The number of hydrogen-bond acceptors (Lipinski definition) is 4. The van der Waals surface area contributed by atoms with Crippen molar-refractivity contribution in [1.29, 1.82) is 0 Å². The van der Waals surface area contributed by atoms with E-state index < -0.39 is 15.9 Å². The maximum atomic E-state index is 12.6. The molecule has 2 aromatic rings. The van der Waals surface area contributed by atoms with Gasteiger partial charge in [0.25, 0.3) is 5.91 Å². The Kier molecular flexibility index (Phi) is 6.64. The number of carbonyl (C=O) groups is 1. The molecule has 0 saturated carbocycles. The highest BCUT2D eigenvalue weighted by Crippen LogP contribution is 2.33. The fourth-order valence-electron chi connectivity index (χ4n) is 2.16. The summed E-state index contributed by atoms with van der Waals surface area (Å²) in [6, 6.07) is 13.9. The Bertz CT molecular complexity index is 735. The van der Waals surface area contributed by atoms with Gasteiger partial charge in [0, 0.05) is 0 Å². The molecule has 0 saturated heterocycles. The largest absolute Gasteiger partial charge is 0.496 e. The maximum absolute atomic E-state index is 12.6. The molecule has 5 nitrogen and oxygen atoms in total. The van der Waals surface area contributed by atoms with Crippen LogP contribution in [-0.4, -0.2) is 30.1 Å². The minimum absolute atomic E-state index is 0.325. The molecule has 0 radical (unpaired) electrons. The standard InChI is InChI=1S/C17H17Cl3N2O3/c1-24-13-9-5-3-7-11(13)15(23)22-16(17(18,19)20)21-12-8-4-6-10-14(12)25-2/h3-10,16,21H,1-2H3,(H,22,23)/t16-/m1/s1. The van der Waals surface area contributed by atoms with E-state index in [-0.39, 0.29) is 0 Å². The van der Waals surface area contributed by atoms with Crippen LogP contribution >= 0.6 is 34.8 Å². The molecule has 25 heavy (non-hydrogen) atoms. The molecule has 1 atom stereocenters. The van der Waals surface area contributed by atoms with E-state index in [1.54, 1.807) is 42.5 Å². The molecule has 0 unspecified atom stereocenters. The highest BCUT2D eigenvalue weighted by Gasteiger charge is 2.35. The molecule has 2 aromatic carbocycles. The molecule has 0 bridgehead atoms. The molecule has 2 rings (SSSR count). The van der Waals surface area contributed by atoms with E-state index in [0.29, 0.717) is 22.7 Å². The average Bonchev–Trinajstić information content (AvgIpc) is 2.60. The second kappa shape index (κ2) is 8.52. The van der Waals surface area contributed by atoms with Crippen molar-refractivity contribution in [2.75, 3.05) is 19.5 Å². The number of ether oxygens (including phenoxy) is 2. The molecular weight excluding hydrogens is 387 g/mol. The van der Waals surface area contributed by atoms with E-state index in [1.165, 1.54) is 14.2 Å². The van der Waals surface area contributed by atoms with Gasteiger partial charge in [0.15, 0.2) is 0 Å². The first-order valence-electron chi connectivity index (χ1n) is 7.27. The summed E-state index contributed by atoms with van der Waals surface area (Å²) in [5, 5.41) is 5.65. The van der Waals surface area contributed by atoms with Crippen LogP contribution in [0.1, 0.15) is 10.4 Å². The van der Waals surface area contributed by atoms with Gasteiger partial charge in [-0.05, 0) is 24.3 Å². The number of nitrogens with one attached hydrogen (secondary N) is 2. The van der Waals surface area contributed by atoms with Crippen LogP contribution in [0.25, 0.3) is 0 Å². The second-order valence-corrected chi connectivity index (χ2v) is 7.36. The lowest BCUT2D eigenvalue weighted by Gasteiger charge is -2.28. The summed E-state index contributed by atoms with van der Waals surface area (Å²) >= 11 is 18.1. The average molecular weight is 404 g/mol. The Morgan fingerprint density at radius 1 is 0.960 bits per heavy atom. The number of rotatable bonds is 6. The summed E-state index contributed by atoms with van der Waals surface area (Å²) < 4.78 is 8.64. The van der Waals surface area contributed by atoms with Crippen LogP contribution in [0.5, 0.6) is 11.5 Å². The Morgan fingerprint density at radius 3 is 2.12 bits per heavy atom. The number of para-hydroxylation sites is 3. The zero-order chi connectivity index (χ0) is 18.4. The van der Waals surface area contributed by atoms with Crippen LogP contribution in [0.2, 0.25) is 0 Å². The number of methoxy groups -OCH3 is 2. The highest BCUT2D eigenvalue weighted by molar-refractivity contribution is 6.68. The van der Waals surface area contributed by atoms with E-state index in [4.69, 9.17) is 44.3 Å². The lowest BCUT2D eigenvalue weighted by atomic mass is 10.2. The van der Waals surface area contributed by atoms with Crippen LogP contribution in [0.4, 0.5) is 5.69 Å². The Labute approximate surface area is 161 Å². The summed E-state index contributed by atoms with van der Waals surface area (Å²) in [6.45, 7) is 0. The molecule has 0 aliphatic heterocycles. The number of anilines is 1. The quantitative estimate of drug-likeness (QED) is 0.559. The minimum Gasteiger partial charge on any atom is -0.496 e. The molecular formula is C17H17Cl3N2O3. The van der Waals surface area contributed by atoms with E-state index in [2.05, 4.69) is 10.6 Å². The minimum atomic E-state index is -1.81. The first-order valence-corrected chi connectivity index (χ1v) is 8.40. The van der Waals surface area contributed by atoms with E-state index in [0.717, 1.165) is 0 Å². The van der Waals surface area contributed by atoms with Crippen molar-refractivity contribution in [2.24, 2.45) is 0 Å². The molecule has 1 amide bonds. The second-order valence-electron chi connectivity index (χ2n) is 4.99. The van der Waals surface area contributed by atoms with Crippen LogP contribution in [0, 0.1) is 0 Å². The normalized spacial score (nSPS) is 12.2. The fourth-order valence-corrected chi connectivity index (χ4v) is 2.49. The zero-order valence-electron chi connectivity index (χ0n) is 13.6. The third kappa shape index (κ3) is 5.08. The summed E-state index contributed by atoms with van der Waals surface area (Å²) in [5.41, 5.74) is 0.896. The topological polar surface area (TPSA) is 59.6 Å². The van der Waals surface area contributed by atoms with Gasteiger partial charge < -0.3 is 20.1 Å². The van der Waals surface area contributed by atoms with Crippen molar-refractivity contribution >= 4 is 46.4 Å². The lowest BCUT2D eigenvalue weighted by molar-refractivity contribution is 0.0938. The molecule has 0 aromatic heterocycles. The van der Waals surface area contributed by atoms with Crippen molar-refractivity contribution in [3.63, 3.8) is 0 Å².